The summed E-state index contributed by atoms with van der Waals surface area (Å²) in [5.74, 6) is 0.108. The minimum atomic E-state index is -0.682. The van der Waals surface area contributed by atoms with Gasteiger partial charge in [0, 0.05) is 23.1 Å². The summed E-state index contributed by atoms with van der Waals surface area (Å²) in [6, 6.07) is 10.2. The van der Waals surface area contributed by atoms with Crippen LogP contribution in [0.2, 0.25) is 10.0 Å². The predicted molar refractivity (Wildman–Crippen MR) is 126 cm³/mol. The molecule has 1 atom stereocenters. The number of ether oxygens (including phenoxy) is 1. The Balaban J connectivity index is 2.18. The molecule has 168 valence electrons. The molecular formula is C24H30Cl2N2O3. The maximum atomic E-state index is 13.1. The van der Waals surface area contributed by atoms with Gasteiger partial charge in [-0.05, 0) is 68.1 Å². The molecule has 5 nitrogen and oxygen atoms in total. The number of carbonyl (C=O) groups excluding carboxylic acids is 2. The average molecular weight is 465 g/mol. The highest BCUT2D eigenvalue weighted by Crippen LogP contribution is 2.23. The van der Waals surface area contributed by atoms with Crippen LogP contribution >= 0.6 is 23.2 Å². The van der Waals surface area contributed by atoms with Crippen LogP contribution in [0.15, 0.2) is 36.4 Å². The lowest BCUT2D eigenvalue weighted by atomic mass is 10.1. The Morgan fingerprint density at radius 1 is 1.10 bits per heavy atom. The normalized spacial score (nSPS) is 11.7. The Labute approximate surface area is 194 Å². The molecule has 0 saturated carbocycles. The topological polar surface area (TPSA) is 58.6 Å². The number of hydrogen-bond donors (Lipinski definition) is 1. The van der Waals surface area contributed by atoms with Gasteiger partial charge in [-0.1, -0.05) is 48.7 Å². The Hall–Kier alpha value is -2.24. The second kappa shape index (κ2) is 12.0. The molecule has 0 aliphatic carbocycles. The van der Waals surface area contributed by atoms with E-state index in [1.54, 1.807) is 25.1 Å². The lowest BCUT2D eigenvalue weighted by molar-refractivity contribution is -0.142. The summed E-state index contributed by atoms with van der Waals surface area (Å²) in [7, 11) is 0. The zero-order valence-electron chi connectivity index (χ0n) is 18.5. The molecule has 2 aromatic carbocycles. The van der Waals surface area contributed by atoms with Gasteiger partial charge in [-0.25, -0.2) is 0 Å². The number of aryl methyl sites for hydroxylation is 2. The summed E-state index contributed by atoms with van der Waals surface area (Å²) in [5, 5.41) is 3.84. The first-order valence-corrected chi connectivity index (χ1v) is 11.2. The first-order valence-electron chi connectivity index (χ1n) is 10.4. The molecule has 1 N–H and O–H groups in total. The van der Waals surface area contributed by atoms with Crippen molar-refractivity contribution < 1.29 is 14.3 Å². The Morgan fingerprint density at radius 3 is 2.39 bits per heavy atom. The quantitative estimate of drug-likeness (QED) is 0.483. The van der Waals surface area contributed by atoms with Crippen LogP contribution in [-0.2, 0) is 16.1 Å². The van der Waals surface area contributed by atoms with Crippen molar-refractivity contribution in [1.82, 2.24) is 10.2 Å². The molecule has 0 fully saturated rings. The van der Waals surface area contributed by atoms with Gasteiger partial charge >= 0.3 is 0 Å². The second-order valence-electron chi connectivity index (χ2n) is 7.69. The van der Waals surface area contributed by atoms with Crippen LogP contribution in [0.5, 0.6) is 5.75 Å². The van der Waals surface area contributed by atoms with E-state index in [4.69, 9.17) is 27.9 Å². The van der Waals surface area contributed by atoms with Crippen molar-refractivity contribution in [2.24, 2.45) is 0 Å². The molecule has 2 aromatic rings. The first kappa shape index (κ1) is 25.0. The largest absolute Gasteiger partial charge is 0.484 e. The fourth-order valence-electron chi connectivity index (χ4n) is 3.20. The van der Waals surface area contributed by atoms with Crippen molar-refractivity contribution in [2.75, 3.05) is 13.2 Å². The van der Waals surface area contributed by atoms with Crippen molar-refractivity contribution in [3.8, 4) is 5.75 Å². The molecule has 0 aliphatic heterocycles. The Kier molecular flexibility index (Phi) is 9.66. The van der Waals surface area contributed by atoms with Gasteiger partial charge in [-0.3, -0.25) is 9.59 Å². The van der Waals surface area contributed by atoms with E-state index in [9.17, 15) is 9.59 Å². The molecule has 2 amide bonds. The highest BCUT2D eigenvalue weighted by molar-refractivity contribution is 6.35. The van der Waals surface area contributed by atoms with E-state index in [2.05, 4.69) is 12.2 Å². The maximum Gasteiger partial charge on any atom is 0.261 e. The van der Waals surface area contributed by atoms with E-state index in [-0.39, 0.29) is 25.0 Å². The molecule has 0 heterocycles. The maximum absolute atomic E-state index is 13.1. The van der Waals surface area contributed by atoms with Crippen molar-refractivity contribution in [3.05, 3.63) is 63.1 Å². The van der Waals surface area contributed by atoms with E-state index in [0.29, 0.717) is 27.9 Å². The minimum Gasteiger partial charge on any atom is -0.484 e. The van der Waals surface area contributed by atoms with Crippen molar-refractivity contribution >= 4 is 35.0 Å². The number of halogens is 2. The standard InChI is InChI=1S/C24H30Cl2N2O3/c1-5-6-9-27-24(30)18(4)28(14-19-7-8-20(25)13-22(19)26)23(29)15-31-21-11-16(2)10-17(3)12-21/h7-8,10-13,18H,5-6,9,14-15H2,1-4H3,(H,27,30). The fraction of sp³-hybridized carbons (Fsp3) is 0.417. The van der Waals surface area contributed by atoms with Crippen molar-refractivity contribution in [1.29, 1.82) is 0 Å². The summed E-state index contributed by atoms with van der Waals surface area (Å²) >= 11 is 12.3. The number of unbranched alkanes of at least 4 members (excludes halogenated alkanes) is 1. The summed E-state index contributed by atoms with van der Waals surface area (Å²) in [5.41, 5.74) is 2.81. The minimum absolute atomic E-state index is 0.174. The van der Waals surface area contributed by atoms with Gasteiger partial charge in [0.2, 0.25) is 5.91 Å². The number of carbonyl (C=O) groups is 2. The zero-order chi connectivity index (χ0) is 23.0. The summed E-state index contributed by atoms with van der Waals surface area (Å²) < 4.78 is 5.75. The molecule has 0 saturated heterocycles. The molecule has 31 heavy (non-hydrogen) atoms. The molecule has 0 spiro atoms. The third-order valence-corrected chi connectivity index (χ3v) is 5.50. The Bertz CT molecular complexity index is 897. The van der Waals surface area contributed by atoms with Crippen molar-refractivity contribution in [2.45, 2.75) is 53.1 Å². The van der Waals surface area contributed by atoms with Gasteiger partial charge < -0.3 is 15.0 Å². The van der Waals surface area contributed by atoms with Gasteiger partial charge in [-0.15, -0.1) is 0 Å². The van der Waals surface area contributed by atoms with E-state index in [1.807, 2.05) is 32.0 Å². The van der Waals surface area contributed by atoms with Gasteiger partial charge in [0.1, 0.15) is 11.8 Å². The molecule has 7 heteroatoms. The van der Waals surface area contributed by atoms with Crippen LogP contribution in [0.1, 0.15) is 43.4 Å². The molecule has 0 radical (unpaired) electrons. The lowest BCUT2D eigenvalue weighted by Crippen LogP contribution is -2.49. The van der Waals surface area contributed by atoms with Gasteiger partial charge in [-0.2, -0.15) is 0 Å². The highest BCUT2D eigenvalue weighted by atomic mass is 35.5. The summed E-state index contributed by atoms with van der Waals surface area (Å²) in [4.78, 5) is 27.2. The monoisotopic (exact) mass is 464 g/mol. The number of amides is 2. The van der Waals surface area contributed by atoms with E-state index in [0.717, 1.165) is 24.0 Å². The molecule has 1 unspecified atom stereocenters. The third-order valence-electron chi connectivity index (χ3n) is 4.91. The number of nitrogens with zero attached hydrogens (tertiary/aromatic N) is 1. The third kappa shape index (κ3) is 7.75. The van der Waals surface area contributed by atoms with Crippen molar-refractivity contribution in [3.63, 3.8) is 0 Å². The summed E-state index contributed by atoms with van der Waals surface area (Å²) in [6.07, 6.45) is 1.85. The molecule has 0 aromatic heterocycles. The van der Waals surface area contributed by atoms with Crippen LogP contribution in [0, 0.1) is 13.8 Å². The second-order valence-corrected chi connectivity index (χ2v) is 8.53. The predicted octanol–water partition coefficient (Wildman–Crippen LogP) is 5.32. The SMILES string of the molecule is CCCCNC(=O)C(C)N(Cc1ccc(Cl)cc1Cl)C(=O)COc1cc(C)cc(C)c1. The number of benzene rings is 2. The van der Waals surface area contributed by atoms with Gasteiger partial charge in [0.25, 0.3) is 5.91 Å². The number of rotatable bonds is 10. The van der Waals surface area contributed by atoms with Gasteiger partial charge in [0.05, 0.1) is 0 Å². The van der Waals surface area contributed by atoms with E-state index >= 15 is 0 Å². The van der Waals surface area contributed by atoms with Gasteiger partial charge in [0.15, 0.2) is 6.61 Å². The molecular weight excluding hydrogens is 435 g/mol. The van der Waals surface area contributed by atoms with E-state index in [1.165, 1.54) is 4.90 Å². The van der Waals surface area contributed by atoms with E-state index < -0.39 is 6.04 Å². The molecule has 0 bridgehead atoms. The summed E-state index contributed by atoms with van der Waals surface area (Å²) in [6.45, 7) is 8.27. The van der Waals surface area contributed by atoms with Crippen LogP contribution in [0.4, 0.5) is 0 Å². The van der Waals surface area contributed by atoms with Crippen LogP contribution in [0.25, 0.3) is 0 Å². The van der Waals surface area contributed by atoms with Crippen LogP contribution in [0.3, 0.4) is 0 Å². The molecule has 2 rings (SSSR count). The first-order chi connectivity index (χ1) is 14.7. The van der Waals surface area contributed by atoms with Crippen LogP contribution < -0.4 is 10.1 Å². The zero-order valence-corrected chi connectivity index (χ0v) is 20.0. The van der Waals surface area contributed by atoms with Crippen LogP contribution in [-0.4, -0.2) is 35.9 Å². The smallest absolute Gasteiger partial charge is 0.261 e. The highest BCUT2D eigenvalue weighted by Gasteiger charge is 2.27. The number of nitrogens with one attached hydrogen (secondary N) is 1. The Morgan fingerprint density at radius 2 is 1.77 bits per heavy atom. The fourth-order valence-corrected chi connectivity index (χ4v) is 3.66. The average Bonchev–Trinajstić information content (AvgIpc) is 2.70. The number of hydrogen-bond acceptors (Lipinski definition) is 3. The molecule has 0 aliphatic rings. The lowest BCUT2D eigenvalue weighted by Gasteiger charge is -2.29.